The van der Waals surface area contributed by atoms with Crippen LogP contribution in [0.25, 0.3) is 0 Å². The smallest absolute Gasteiger partial charge is 0.408 e. The van der Waals surface area contributed by atoms with Crippen LogP contribution in [0.5, 0.6) is 0 Å². The number of hydrogen-bond donors (Lipinski definition) is 2. The van der Waals surface area contributed by atoms with Gasteiger partial charge in [0.2, 0.25) is 0 Å². The van der Waals surface area contributed by atoms with Crippen molar-refractivity contribution in [2.45, 2.75) is 39.2 Å². The lowest BCUT2D eigenvalue weighted by atomic mass is 9.71. The SMILES string of the molecule is CC(C)(C)[C@@]1(C(=O)Nc2ccc(Cl)cc2)CCCN1C(=O)O. The Bertz CT molecular complexity index is 580. The van der Waals surface area contributed by atoms with E-state index in [0.717, 1.165) is 0 Å². The maximum Gasteiger partial charge on any atom is 0.408 e. The fraction of sp³-hybridized carbons (Fsp3) is 0.500. The Morgan fingerprint density at radius 1 is 1.27 bits per heavy atom. The fourth-order valence-corrected chi connectivity index (χ4v) is 3.33. The molecule has 0 aromatic heterocycles. The van der Waals surface area contributed by atoms with Crippen LogP contribution >= 0.6 is 11.6 Å². The van der Waals surface area contributed by atoms with Gasteiger partial charge < -0.3 is 10.4 Å². The molecule has 2 amide bonds. The summed E-state index contributed by atoms with van der Waals surface area (Å²) in [5.41, 5.74) is -0.980. The van der Waals surface area contributed by atoms with Crippen LogP contribution in [0.1, 0.15) is 33.6 Å². The van der Waals surface area contributed by atoms with Crippen molar-refractivity contribution in [2.75, 3.05) is 11.9 Å². The molecule has 0 saturated carbocycles. The van der Waals surface area contributed by atoms with Gasteiger partial charge in [-0.15, -0.1) is 0 Å². The molecule has 1 atom stereocenters. The van der Waals surface area contributed by atoms with Gasteiger partial charge in [0.25, 0.3) is 5.91 Å². The van der Waals surface area contributed by atoms with E-state index in [4.69, 9.17) is 11.6 Å². The second kappa shape index (κ2) is 5.80. The van der Waals surface area contributed by atoms with Crippen LogP contribution in [0, 0.1) is 5.41 Å². The molecule has 1 aliphatic heterocycles. The summed E-state index contributed by atoms with van der Waals surface area (Å²) in [7, 11) is 0. The lowest BCUT2D eigenvalue weighted by molar-refractivity contribution is -0.131. The van der Waals surface area contributed by atoms with E-state index in [1.54, 1.807) is 24.3 Å². The molecule has 0 spiro atoms. The molecule has 1 aliphatic rings. The molecule has 22 heavy (non-hydrogen) atoms. The third-order valence-electron chi connectivity index (χ3n) is 4.33. The number of anilines is 1. The maximum absolute atomic E-state index is 12.9. The standard InChI is InChI=1S/C16H21ClN2O3/c1-15(2,3)16(9-4-10-19(16)14(21)22)13(20)18-12-7-5-11(17)6-8-12/h5-8H,4,9-10H2,1-3H3,(H,18,20)(H,21,22)/t16-/m0/s1. The summed E-state index contributed by atoms with van der Waals surface area (Å²) in [6.45, 7) is 6.07. The molecule has 5 nitrogen and oxygen atoms in total. The number of rotatable bonds is 2. The first-order valence-electron chi connectivity index (χ1n) is 7.26. The van der Waals surface area contributed by atoms with Gasteiger partial charge in [-0.2, -0.15) is 0 Å². The second-order valence-corrected chi connectivity index (χ2v) is 7.05. The number of carbonyl (C=O) groups excluding carboxylic acids is 1. The molecule has 0 aliphatic carbocycles. The highest BCUT2D eigenvalue weighted by atomic mass is 35.5. The molecule has 1 fully saturated rings. The predicted octanol–water partition coefficient (Wildman–Crippen LogP) is 3.84. The fourth-order valence-electron chi connectivity index (χ4n) is 3.20. The van der Waals surface area contributed by atoms with Gasteiger partial charge >= 0.3 is 6.09 Å². The first kappa shape index (κ1) is 16.6. The zero-order valence-electron chi connectivity index (χ0n) is 13.0. The maximum atomic E-state index is 12.9. The van der Waals surface area contributed by atoms with Gasteiger partial charge in [-0.3, -0.25) is 9.69 Å². The van der Waals surface area contributed by atoms with Gasteiger partial charge in [0.1, 0.15) is 5.54 Å². The lowest BCUT2D eigenvalue weighted by Gasteiger charge is -2.45. The molecule has 6 heteroatoms. The first-order valence-corrected chi connectivity index (χ1v) is 7.64. The van der Waals surface area contributed by atoms with Crippen LogP contribution in [-0.4, -0.2) is 34.1 Å². The number of carbonyl (C=O) groups is 2. The molecule has 0 bridgehead atoms. The van der Waals surface area contributed by atoms with Gasteiger partial charge in [-0.1, -0.05) is 32.4 Å². The van der Waals surface area contributed by atoms with E-state index in [-0.39, 0.29) is 5.91 Å². The number of nitrogens with zero attached hydrogens (tertiary/aromatic N) is 1. The van der Waals surface area contributed by atoms with Crippen molar-refractivity contribution in [3.63, 3.8) is 0 Å². The van der Waals surface area contributed by atoms with Crippen molar-refractivity contribution in [1.82, 2.24) is 4.90 Å². The molecular formula is C16H21ClN2O3. The highest BCUT2D eigenvalue weighted by Crippen LogP contribution is 2.44. The Labute approximate surface area is 135 Å². The Morgan fingerprint density at radius 3 is 2.36 bits per heavy atom. The largest absolute Gasteiger partial charge is 0.465 e. The van der Waals surface area contributed by atoms with Crippen molar-refractivity contribution < 1.29 is 14.7 Å². The van der Waals surface area contributed by atoms with Gasteiger partial charge in [0, 0.05) is 17.3 Å². The van der Waals surface area contributed by atoms with Crippen molar-refractivity contribution >= 4 is 29.3 Å². The quantitative estimate of drug-likeness (QED) is 0.868. The van der Waals surface area contributed by atoms with Crippen LogP contribution in [0.3, 0.4) is 0 Å². The summed E-state index contributed by atoms with van der Waals surface area (Å²) in [5.74, 6) is -0.290. The average molecular weight is 325 g/mol. The number of halogens is 1. The third-order valence-corrected chi connectivity index (χ3v) is 4.58. The van der Waals surface area contributed by atoms with E-state index in [1.807, 2.05) is 20.8 Å². The van der Waals surface area contributed by atoms with Gasteiger partial charge in [-0.05, 0) is 42.5 Å². The number of likely N-dealkylation sites (tertiary alicyclic amines) is 1. The summed E-state index contributed by atoms with van der Waals surface area (Å²) in [6, 6.07) is 6.78. The molecule has 120 valence electrons. The monoisotopic (exact) mass is 324 g/mol. The van der Waals surface area contributed by atoms with Crippen LogP contribution in [0.4, 0.5) is 10.5 Å². The molecule has 1 heterocycles. The van der Waals surface area contributed by atoms with Gasteiger partial charge in [0.15, 0.2) is 0 Å². The lowest BCUT2D eigenvalue weighted by Crippen LogP contribution is -2.62. The van der Waals surface area contributed by atoms with Crippen molar-refractivity contribution in [3.05, 3.63) is 29.3 Å². The van der Waals surface area contributed by atoms with Crippen molar-refractivity contribution in [1.29, 1.82) is 0 Å². The Morgan fingerprint density at radius 2 is 1.86 bits per heavy atom. The second-order valence-electron chi connectivity index (χ2n) is 6.61. The third kappa shape index (κ3) is 2.77. The van der Waals surface area contributed by atoms with E-state index >= 15 is 0 Å². The van der Waals surface area contributed by atoms with Crippen LogP contribution < -0.4 is 5.32 Å². The highest BCUT2D eigenvalue weighted by molar-refractivity contribution is 6.30. The molecular weight excluding hydrogens is 304 g/mol. The minimum Gasteiger partial charge on any atom is -0.465 e. The van der Waals surface area contributed by atoms with Gasteiger partial charge in [0.05, 0.1) is 0 Å². The Kier molecular flexibility index (Phi) is 4.38. The molecule has 1 saturated heterocycles. The normalized spacial score (nSPS) is 21.7. The number of hydrogen-bond acceptors (Lipinski definition) is 2. The minimum atomic E-state index is -1.07. The summed E-state index contributed by atoms with van der Waals surface area (Å²) in [6.07, 6.45) is 0.137. The average Bonchev–Trinajstić information content (AvgIpc) is 2.87. The van der Waals surface area contributed by atoms with Crippen molar-refractivity contribution in [3.8, 4) is 0 Å². The Balaban J connectivity index is 2.36. The zero-order chi connectivity index (χ0) is 16.5. The minimum absolute atomic E-state index is 0.290. The molecule has 2 rings (SSSR count). The van der Waals surface area contributed by atoms with E-state index in [1.165, 1.54) is 4.90 Å². The van der Waals surface area contributed by atoms with Crippen LogP contribution in [-0.2, 0) is 4.79 Å². The topological polar surface area (TPSA) is 69.6 Å². The van der Waals surface area contributed by atoms with E-state index in [0.29, 0.717) is 30.1 Å². The number of amides is 2. The van der Waals surface area contributed by atoms with Gasteiger partial charge in [-0.25, -0.2) is 4.79 Å². The summed E-state index contributed by atoms with van der Waals surface area (Å²) in [5, 5.41) is 12.9. The number of nitrogens with one attached hydrogen (secondary N) is 1. The number of carboxylic acid groups (broad SMARTS) is 1. The first-order chi connectivity index (χ1) is 10.2. The highest BCUT2D eigenvalue weighted by Gasteiger charge is 2.57. The summed E-state index contributed by atoms with van der Waals surface area (Å²) in [4.78, 5) is 25.8. The van der Waals surface area contributed by atoms with E-state index in [9.17, 15) is 14.7 Å². The molecule has 1 aromatic rings. The molecule has 1 aromatic carbocycles. The van der Waals surface area contributed by atoms with Crippen LogP contribution in [0.15, 0.2) is 24.3 Å². The summed E-state index contributed by atoms with van der Waals surface area (Å²) >= 11 is 5.84. The van der Waals surface area contributed by atoms with Crippen LogP contribution in [0.2, 0.25) is 5.02 Å². The molecule has 0 radical (unpaired) electrons. The van der Waals surface area contributed by atoms with E-state index in [2.05, 4.69) is 5.32 Å². The van der Waals surface area contributed by atoms with E-state index < -0.39 is 17.0 Å². The molecule has 0 unspecified atom stereocenters. The Hall–Kier alpha value is -1.75. The zero-order valence-corrected chi connectivity index (χ0v) is 13.8. The molecule has 2 N–H and O–H groups in total. The van der Waals surface area contributed by atoms with Crippen molar-refractivity contribution in [2.24, 2.45) is 5.41 Å². The summed E-state index contributed by atoms with van der Waals surface area (Å²) < 4.78 is 0. The number of benzene rings is 1. The predicted molar refractivity (Wildman–Crippen MR) is 86.2 cm³/mol.